The average molecular weight is 268 g/mol. The van der Waals surface area contributed by atoms with E-state index < -0.39 is 0 Å². The molecule has 1 N–H and O–H groups in total. The standard InChI is InChI=1S/C13H15ClFN3/c1-8(16-3)10-4-5-13(12(15)6-10)18-7-11(14)9(2)17-18/h4-8,16H,1-3H3. The van der Waals surface area contributed by atoms with Crippen LogP contribution in [0, 0.1) is 12.7 Å². The summed E-state index contributed by atoms with van der Waals surface area (Å²) in [4.78, 5) is 0. The summed E-state index contributed by atoms with van der Waals surface area (Å²) < 4.78 is 15.5. The van der Waals surface area contributed by atoms with Crippen LogP contribution in [-0.4, -0.2) is 16.8 Å². The molecule has 0 saturated heterocycles. The molecule has 2 aromatic rings. The van der Waals surface area contributed by atoms with Gasteiger partial charge in [-0.05, 0) is 38.6 Å². The van der Waals surface area contributed by atoms with Gasteiger partial charge in [0.15, 0.2) is 0 Å². The number of benzene rings is 1. The van der Waals surface area contributed by atoms with Gasteiger partial charge in [-0.2, -0.15) is 5.10 Å². The van der Waals surface area contributed by atoms with E-state index in [-0.39, 0.29) is 11.9 Å². The van der Waals surface area contributed by atoms with E-state index in [9.17, 15) is 4.39 Å². The lowest BCUT2D eigenvalue weighted by Crippen LogP contribution is -2.13. The van der Waals surface area contributed by atoms with Crippen molar-refractivity contribution in [2.75, 3.05) is 7.05 Å². The largest absolute Gasteiger partial charge is 0.313 e. The summed E-state index contributed by atoms with van der Waals surface area (Å²) in [6, 6.07) is 5.21. The number of halogens is 2. The first-order chi connectivity index (χ1) is 8.52. The van der Waals surface area contributed by atoms with E-state index >= 15 is 0 Å². The highest BCUT2D eigenvalue weighted by atomic mass is 35.5. The van der Waals surface area contributed by atoms with Gasteiger partial charge in [0.25, 0.3) is 0 Å². The van der Waals surface area contributed by atoms with Crippen molar-refractivity contribution in [3.05, 3.63) is 46.5 Å². The van der Waals surface area contributed by atoms with Gasteiger partial charge >= 0.3 is 0 Å². The van der Waals surface area contributed by atoms with Crippen molar-refractivity contribution in [2.24, 2.45) is 0 Å². The Morgan fingerprint density at radius 2 is 2.17 bits per heavy atom. The van der Waals surface area contributed by atoms with Crippen LogP contribution >= 0.6 is 11.6 Å². The Kier molecular flexibility index (Phi) is 3.68. The predicted molar refractivity (Wildman–Crippen MR) is 70.7 cm³/mol. The lowest BCUT2D eigenvalue weighted by molar-refractivity contribution is 0.595. The van der Waals surface area contributed by atoms with Crippen LogP contribution in [0.25, 0.3) is 5.69 Å². The fourth-order valence-electron chi connectivity index (χ4n) is 1.71. The molecular weight excluding hydrogens is 253 g/mol. The molecule has 96 valence electrons. The van der Waals surface area contributed by atoms with Gasteiger partial charge in [-0.3, -0.25) is 0 Å². The lowest BCUT2D eigenvalue weighted by atomic mass is 10.1. The first-order valence-electron chi connectivity index (χ1n) is 5.71. The lowest BCUT2D eigenvalue weighted by Gasteiger charge is -2.12. The molecule has 0 aliphatic rings. The van der Waals surface area contributed by atoms with Gasteiger partial charge in [-0.25, -0.2) is 9.07 Å². The third kappa shape index (κ3) is 2.40. The Morgan fingerprint density at radius 3 is 2.67 bits per heavy atom. The van der Waals surface area contributed by atoms with Crippen LogP contribution < -0.4 is 5.32 Å². The van der Waals surface area contributed by atoms with Crippen LogP contribution in [0.2, 0.25) is 5.02 Å². The zero-order chi connectivity index (χ0) is 13.3. The molecule has 2 rings (SSSR count). The van der Waals surface area contributed by atoms with Gasteiger partial charge in [0, 0.05) is 12.2 Å². The van der Waals surface area contributed by atoms with E-state index in [1.807, 2.05) is 20.0 Å². The molecule has 18 heavy (non-hydrogen) atoms. The van der Waals surface area contributed by atoms with Crippen molar-refractivity contribution in [3.63, 3.8) is 0 Å². The number of hydrogen-bond acceptors (Lipinski definition) is 2. The summed E-state index contributed by atoms with van der Waals surface area (Å²) in [5, 5.41) is 7.77. The van der Waals surface area contributed by atoms with Crippen LogP contribution in [0.3, 0.4) is 0 Å². The molecule has 5 heteroatoms. The fourth-order valence-corrected chi connectivity index (χ4v) is 1.84. The maximum atomic E-state index is 14.0. The van der Waals surface area contributed by atoms with E-state index in [0.29, 0.717) is 16.4 Å². The SMILES string of the molecule is CNC(C)c1ccc(-n2cc(Cl)c(C)n2)c(F)c1. The maximum absolute atomic E-state index is 14.0. The Morgan fingerprint density at radius 1 is 1.44 bits per heavy atom. The second-order valence-corrected chi connectivity index (χ2v) is 4.64. The Hall–Kier alpha value is -1.39. The molecule has 0 fully saturated rings. The number of nitrogens with one attached hydrogen (secondary N) is 1. The Balaban J connectivity index is 2.41. The summed E-state index contributed by atoms with van der Waals surface area (Å²) in [5.41, 5.74) is 1.98. The molecular formula is C13H15ClFN3. The van der Waals surface area contributed by atoms with Gasteiger partial charge in [-0.15, -0.1) is 0 Å². The summed E-state index contributed by atoms with van der Waals surface area (Å²) in [6.07, 6.45) is 1.61. The van der Waals surface area contributed by atoms with Crippen molar-refractivity contribution in [1.29, 1.82) is 0 Å². The van der Waals surface area contributed by atoms with Gasteiger partial charge in [0.2, 0.25) is 0 Å². The van der Waals surface area contributed by atoms with Gasteiger partial charge < -0.3 is 5.32 Å². The minimum Gasteiger partial charge on any atom is -0.313 e. The molecule has 0 aliphatic carbocycles. The molecule has 0 radical (unpaired) electrons. The van der Waals surface area contributed by atoms with E-state index in [0.717, 1.165) is 5.56 Å². The highest BCUT2D eigenvalue weighted by Gasteiger charge is 2.11. The molecule has 1 aromatic carbocycles. The molecule has 0 bridgehead atoms. The van der Waals surface area contributed by atoms with E-state index in [1.165, 1.54) is 10.7 Å². The van der Waals surface area contributed by atoms with Crippen molar-refractivity contribution in [1.82, 2.24) is 15.1 Å². The second kappa shape index (κ2) is 5.08. The summed E-state index contributed by atoms with van der Waals surface area (Å²) in [6.45, 7) is 3.76. The Bertz CT molecular complexity index is 546. The zero-order valence-electron chi connectivity index (χ0n) is 10.5. The van der Waals surface area contributed by atoms with Crippen LogP contribution in [-0.2, 0) is 0 Å². The zero-order valence-corrected chi connectivity index (χ0v) is 11.3. The number of aryl methyl sites for hydroxylation is 1. The van der Waals surface area contributed by atoms with Gasteiger partial charge in [-0.1, -0.05) is 17.7 Å². The predicted octanol–water partition coefficient (Wildman–Crippen LogP) is 3.25. The van der Waals surface area contributed by atoms with E-state index in [2.05, 4.69) is 10.4 Å². The quantitative estimate of drug-likeness (QED) is 0.925. The monoisotopic (exact) mass is 267 g/mol. The molecule has 1 atom stereocenters. The molecule has 3 nitrogen and oxygen atoms in total. The van der Waals surface area contributed by atoms with Crippen LogP contribution in [0.15, 0.2) is 24.4 Å². The summed E-state index contributed by atoms with van der Waals surface area (Å²) >= 11 is 5.92. The topological polar surface area (TPSA) is 29.9 Å². The molecule has 1 unspecified atom stereocenters. The maximum Gasteiger partial charge on any atom is 0.149 e. The summed E-state index contributed by atoms with van der Waals surface area (Å²) in [7, 11) is 1.84. The molecule has 1 heterocycles. The molecule has 1 aromatic heterocycles. The smallest absolute Gasteiger partial charge is 0.149 e. The fraction of sp³-hybridized carbons (Fsp3) is 0.308. The minimum absolute atomic E-state index is 0.108. The first-order valence-corrected chi connectivity index (χ1v) is 6.09. The van der Waals surface area contributed by atoms with Crippen LogP contribution in [0.1, 0.15) is 24.2 Å². The first kappa shape index (κ1) is 13.1. The molecule has 0 amide bonds. The number of aromatic nitrogens is 2. The van der Waals surface area contributed by atoms with Crippen molar-refractivity contribution < 1.29 is 4.39 Å². The third-order valence-corrected chi connectivity index (χ3v) is 3.36. The molecule has 0 saturated carbocycles. The number of nitrogens with zero attached hydrogens (tertiary/aromatic N) is 2. The van der Waals surface area contributed by atoms with Gasteiger partial charge in [0.05, 0.1) is 10.7 Å². The highest BCUT2D eigenvalue weighted by molar-refractivity contribution is 6.31. The Labute approximate surface area is 111 Å². The second-order valence-electron chi connectivity index (χ2n) is 4.23. The van der Waals surface area contributed by atoms with E-state index in [1.54, 1.807) is 19.2 Å². The van der Waals surface area contributed by atoms with E-state index in [4.69, 9.17) is 11.6 Å². The minimum atomic E-state index is -0.311. The van der Waals surface area contributed by atoms with Crippen molar-refractivity contribution in [2.45, 2.75) is 19.9 Å². The average Bonchev–Trinajstić information content (AvgIpc) is 2.68. The van der Waals surface area contributed by atoms with Crippen LogP contribution in [0.4, 0.5) is 4.39 Å². The number of hydrogen-bond donors (Lipinski definition) is 1. The molecule has 0 aliphatic heterocycles. The van der Waals surface area contributed by atoms with Crippen LogP contribution in [0.5, 0.6) is 0 Å². The van der Waals surface area contributed by atoms with Crippen molar-refractivity contribution in [3.8, 4) is 5.69 Å². The summed E-state index contributed by atoms with van der Waals surface area (Å²) in [5.74, 6) is -0.311. The van der Waals surface area contributed by atoms with Gasteiger partial charge in [0.1, 0.15) is 11.5 Å². The third-order valence-electron chi connectivity index (χ3n) is 2.99. The highest BCUT2D eigenvalue weighted by Crippen LogP contribution is 2.21. The number of rotatable bonds is 3. The normalized spacial score (nSPS) is 12.7. The molecule has 0 spiro atoms. The van der Waals surface area contributed by atoms with Crippen molar-refractivity contribution >= 4 is 11.6 Å².